The Balaban J connectivity index is 1.73. The zero-order valence-electron chi connectivity index (χ0n) is 11.6. The summed E-state index contributed by atoms with van der Waals surface area (Å²) in [6.07, 6.45) is 1.28. The Labute approximate surface area is 114 Å². The Bertz CT molecular complexity index is 463. The molecule has 0 aromatic heterocycles. The summed E-state index contributed by atoms with van der Waals surface area (Å²) >= 11 is 0. The maximum Gasteiger partial charge on any atom is 0.165 e. The van der Waals surface area contributed by atoms with Crippen LogP contribution in [0.2, 0.25) is 0 Å². The van der Waals surface area contributed by atoms with Gasteiger partial charge in [0.1, 0.15) is 13.2 Å². The molecule has 2 aliphatic heterocycles. The Hall–Kier alpha value is -1.26. The lowest BCUT2D eigenvalue weighted by atomic mass is 9.94. The topological polar surface area (TPSA) is 39.7 Å². The molecule has 0 spiro atoms. The molecule has 0 bridgehead atoms. The summed E-state index contributed by atoms with van der Waals surface area (Å²) in [6.45, 7) is 7.21. The van der Waals surface area contributed by atoms with Crippen LogP contribution in [0, 0.1) is 0 Å². The van der Waals surface area contributed by atoms with Gasteiger partial charge in [-0.05, 0) is 26.3 Å². The number of hydrogen-bond donors (Lipinski definition) is 1. The number of nitrogens with one attached hydrogen (secondary N) is 1. The number of rotatable bonds is 3. The Morgan fingerprint density at radius 2 is 2.11 bits per heavy atom. The van der Waals surface area contributed by atoms with E-state index in [0.717, 1.165) is 36.6 Å². The first-order chi connectivity index (χ1) is 9.19. The molecule has 0 aliphatic carbocycles. The lowest BCUT2D eigenvalue weighted by molar-refractivity contribution is 0.0879. The molecule has 1 aromatic rings. The minimum absolute atomic E-state index is 0.0399. The molecule has 4 nitrogen and oxygen atoms in total. The van der Waals surface area contributed by atoms with Crippen LogP contribution in [0.1, 0.15) is 25.8 Å². The molecule has 1 saturated heterocycles. The van der Waals surface area contributed by atoms with Crippen molar-refractivity contribution in [1.82, 2.24) is 5.32 Å². The second-order valence-corrected chi connectivity index (χ2v) is 5.48. The van der Waals surface area contributed by atoms with E-state index >= 15 is 0 Å². The molecule has 2 heterocycles. The molecule has 3 rings (SSSR count). The average Bonchev–Trinajstić information content (AvgIpc) is 2.77. The molecule has 1 N–H and O–H groups in total. The molecule has 104 valence electrons. The van der Waals surface area contributed by atoms with E-state index in [1.54, 1.807) is 0 Å². The largest absolute Gasteiger partial charge is 0.486 e. The standard InChI is InChI=1S/C15H21NO3/c1-11-15(2,6-7-17-11)16-10-12-4-3-5-13-14(12)19-9-8-18-13/h3-5,11,16H,6-10H2,1-2H3. The highest BCUT2D eigenvalue weighted by atomic mass is 16.6. The lowest BCUT2D eigenvalue weighted by Crippen LogP contribution is -2.47. The van der Waals surface area contributed by atoms with Gasteiger partial charge in [0.2, 0.25) is 0 Å². The number of benzene rings is 1. The van der Waals surface area contributed by atoms with Crippen LogP contribution in [-0.2, 0) is 11.3 Å². The van der Waals surface area contributed by atoms with Gasteiger partial charge in [0.25, 0.3) is 0 Å². The first-order valence-corrected chi connectivity index (χ1v) is 6.93. The van der Waals surface area contributed by atoms with Crippen LogP contribution in [0.4, 0.5) is 0 Å². The van der Waals surface area contributed by atoms with Crippen molar-refractivity contribution in [2.45, 2.75) is 38.5 Å². The first-order valence-electron chi connectivity index (χ1n) is 6.93. The van der Waals surface area contributed by atoms with Gasteiger partial charge in [-0.2, -0.15) is 0 Å². The van der Waals surface area contributed by atoms with Gasteiger partial charge >= 0.3 is 0 Å². The molecule has 0 amide bonds. The highest BCUT2D eigenvalue weighted by Gasteiger charge is 2.36. The van der Waals surface area contributed by atoms with E-state index in [-0.39, 0.29) is 11.6 Å². The molecular weight excluding hydrogens is 242 g/mol. The Kier molecular flexibility index (Phi) is 3.37. The maximum atomic E-state index is 5.73. The lowest BCUT2D eigenvalue weighted by Gasteiger charge is -2.30. The molecule has 2 aliphatic rings. The van der Waals surface area contributed by atoms with E-state index < -0.39 is 0 Å². The number of hydrogen-bond acceptors (Lipinski definition) is 4. The third-order valence-electron chi connectivity index (χ3n) is 4.22. The van der Waals surface area contributed by atoms with Crippen molar-refractivity contribution >= 4 is 0 Å². The van der Waals surface area contributed by atoms with E-state index in [0.29, 0.717) is 13.2 Å². The van der Waals surface area contributed by atoms with Gasteiger partial charge in [0.05, 0.1) is 6.10 Å². The highest BCUT2D eigenvalue weighted by molar-refractivity contribution is 5.47. The predicted molar refractivity (Wildman–Crippen MR) is 72.7 cm³/mol. The first kappa shape index (κ1) is 12.8. The summed E-state index contributed by atoms with van der Waals surface area (Å²) in [5.74, 6) is 1.74. The SMILES string of the molecule is CC1OCCC1(C)NCc1cccc2c1OCCO2. The molecular formula is C15H21NO3. The van der Waals surface area contributed by atoms with E-state index in [4.69, 9.17) is 14.2 Å². The van der Waals surface area contributed by atoms with Crippen molar-refractivity contribution < 1.29 is 14.2 Å². The molecule has 1 aromatic carbocycles. The van der Waals surface area contributed by atoms with Gasteiger partial charge in [-0.25, -0.2) is 0 Å². The van der Waals surface area contributed by atoms with Crippen molar-refractivity contribution in [2.24, 2.45) is 0 Å². The van der Waals surface area contributed by atoms with Crippen LogP contribution in [0.25, 0.3) is 0 Å². The fourth-order valence-electron chi connectivity index (χ4n) is 2.64. The van der Waals surface area contributed by atoms with Crippen molar-refractivity contribution in [3.63, 3.8) is 0 Å². The quantitative estimate of drug-likeness (QED) is 0.906. The van der Waals surface area contributed by atoms with Crippen LogP contribution in [-0.4, -0.2) is 31.5 Å². The number of fused-ring (bicyclic) bond motifs is 1. The molecule has 2 atom stereocenters. The number of ether oxygens (including phenoxy) is 3. The Morgan fingerprint density at radius 1 is 1.26 bits per heavy atom. The van der Waals surface area contributed by atoms with E-state index in [1.165, 1.54) is 0 Å². The maximum absolute atomic E-state index is 5.73. The normalized spacial score (nSPS) is 29.5. The summed E-state index contributed by atoms with van der Waals surface area (Å²) in [5, 5.41) is 3.61. The van der Waals surface area contributed by atoms with E-state index in [9.17, 15) is 0 Å². The molecule has 0 radical (unpaired) electrons. The summed E-state index contributed by atoms with van der Waals surface area (Å²) in [5.41, 5.74) is 1.19. The van der Waals surface area contributed by atoms with E-state index in [1.807, 2.05) is 12.1 Å². The van der Waals surface area contributed by atoms with Gasteiger partial charge in [-0.15, -0.1) is 0 Å². The highest BCUT2D eigenvalue weighted by Crippen LogP contribution is 2.34. The fraction of sp³-hybridized carbons (Fsp3) is 0.600. The monoisotopic (exact) mass is 263 g/mol. The minimum atomic E-state index is 0.0399. The smallest absolute Gasteiger partial charge is 0.165 e. The second-order valence-electron chi connectivity index (χ2n) is 5.48. The average molecular weight is 263 g/mol. The van der Waals surface area contributed by atoms with E-state index in [2.05, 4.69) is 25.2 Å². The number of para-hydroxylation sites is 1. The Morgan fingerprint density at radius 3 is 2.89 bits per heavy atom. The van der Waals surface area contributed by atoms with Crippen molar-refractivity contribution in [3.05, 3.63) is 23.8 Å². The zero-order chi connectivity index (χ0) is 13.3. The van der Waals surface area contributed by atoms with Crippen LogP contribution < -0.4 is 14.8 Å². The van der Waals surface area contributed by atoms with Gasteiger partial charge in [-0.1, -0.05) is 12.1 Å². The van der Waals surface area contributed by atoms with Gasteiger partial charge < -0.3 is 19.5 Å². The minimum Gasteiger partial charge on any atom is -0.486 e. The summed E-state index contributed by atoms with van der Waals surface area (Å²) < 4.78 is 17.0. The van der Waals surface area contributed by atoms with Crippen LogP contribution in [0.3, 0.4) is 0 Å². The van der Waals surface area contributed by atoms with Crippen molar-refractivity contribution in [1.29, 1.82) is 0 Å². The van der Waals surface area contributed by atoms with Gasteiger partial charge in [0.15, 0.2) is 11.5 Å². The molecule has 0 saturated carbocycles. The van der Waals surface area contributed by atoms with Crippen molar-refractivity contribution in [2.75, 3.05) is 19.8 Å². The summed E-state index contributed by atoms with van der Waals surface area (Å²) in [4.78, 5) is 0. The molecule has 2 unspecified atom stereocenters. The molecule has 4 heteroatoms. The molecule has 1 fully saturated rings. The fourth-order valence-corrected chi connectivity index (χ4v) is 2.64. The van der Waals surface area contributed by atoms with Gasteiger partial charge in [0, 0.05) is 24.3 Å². The molecule has 19 heavy (non-hydrogen) atoms. The van der Waals surface area contributed by atoms with Crippen LogP contribution in [0.15, 0.2) is 18.2 Å². The predicted octanol–water partition coefficient (Wildman–Crippen LogP) is 2.11. The van der Waals surface area contributed by atoms with Crippen LogP contribution >= 0.6 is 0 Å². The second kappa shape index (κ2) is 5.02. The van der Waals surface area contributed by atoms with Gasteiger partial charge in [-0.3, -0.25) is 0 Å². The zero-order valence-corrected chi connectivity index (χ0v) is 11.6. The third-order valence-corrected chi connectivity index (χ3v) is 4.22. The third kappa shape index (κ3) is 2.42. The summed E-state index contributed by atoms with van der Waals surface area (Å²) in [6, 6.07) is 6.06. The summed E-state index contributed by atoms with van der Waals surface area (Å²) in [7, 11) is 0. The van der Waals surface area contributed by atoms with Crippen LogP contribution in [0.5, 0.6) is 11.5 Å². The van der Waals surface area contributed by atoms with Crippen molar-refractivity contribution in [3.8, 4) is 11.5 Å².